The van der Waals surface area contributed by atoms with Crippen LogP contribution in [0.5, 0.6) is 0 Å². The fraction of sp³-hybridized carbons (Fsp3) is 0.0746. The summed E-state index contributed by atoms with van der Waals surface area (Å²) in [7, 11) is -4.17. The maximum Gasteiger partial charge on any atom is 0.112 e. The van der Waals surface area contributed by atoms with Crippen molar-refractivity contribution < 1.29 is 0 Å². The zero-order valence-corrected chi connectivity index (χ0v) is 42.1. The fourth-order valence-electron chi connectivity index (χ4n) is 12.0. The molecule has 70 heavy (non-hydrogen) atoms. The molecule has 1 aliphatic carbocycles. The average molecular weight is 928 g/mol. The molecule has 0 saturated carbocycles. The lowest BCUT2D eigenvalue weighted by atomic mass is 9.86. The molecule has 3 heteroatoms. The Morgan fingerprint density at radius 1 is 0.314 bits per heavy atom. The van der Waals surface area contributed by atoms with Gasteiger partial charge in [-0.15, -0.1) is 0 Å². The van der Waals surface area contributed by atoms with Crippen LogP contribution in [0.3, 0.4) is 0 Å². The highest BCUT2D eigenvalue weighted by molar-refractivity contribution is 7.01. The van der Waals surface area contributed by atoms with Crippen molar-refractivity contribution in [1.82, 2.24) is 4.57 Å². The van der Waals surface area contributed by atoms with Crippen molar-refractivity contribution in [1.29, 1.82) is 0 Å². The number of fused-ring (bicyclic) bond motifs is 8. The predicted octanol–water partition coefficient (Wildman–Crippen LogP) is 15.2. The number of hydrogen-bond donors (Lipinski definition) is 0. The Kier molecular flexibility index (Phi) is 9.92. The second-order valence-electron chi connectivity index (χ2n) is 20.4. The Balaban J connectivity index is 0.849. The topological polar surface area (TPSA) is 4.93 Å². The van der Waals surface area contributed by atoms with E-state index in [0.717, 1.165) is 0 Å². The van der Waals surface area contributed by atoms with Crippen LogP contribution in [0.2, 0.25) is 26.2 Å². The quantitative estimate of drug-likeness (QED) is 0.106. The molecule has 0 spiro atoms. The van der Waals surface area contributed by atoms with Gasteiger partial charge in [-0.05, 0) is 95.9 Å². The van der Waals surface area contributed by atoms with Crippen LogP contribution in [-0.4, -0.2) is 20.7 Å². The summed E-state index contributed by atoms with van der Waals surface area (Å²) in [6.45, 7) is 10.0. The van der Waals surface area contributed by atoms with Gasteiger partial charge < -0.3 is 4.57 Å². The normalized spacial score (nSPS) is 13.6. The Morgan fingerprint density at radius 2 is 0.743 bits per heavy atom. The number of hydrogen-bond acceptors (Lipinski definition) is 0. The van der Waals surface area contributed by atoms with Crippen LogP contribution in [0.1, 0.15) is 22.6 Å². The molecule has 0 saturated heterocycles. The van der Waals surface area contributed by atoms with Crippen LogP contribution in [0.15, 0.2) is 243 Å². The highest BCUT2D eigenvalue weighted by Gasteiger charge is 2.33. The van der Waals surface area contributed by atoms with E-state index < -0.39 is 16.1 Å². The van der Waals surface area contributed by atoms with Gasteiger partial charge in [-0.2, -0.15) is 0 Å². The predicted molar refractivity (Wildman–Crippen MR) is 306 cm³/mol. The van der Waals surface area contributed by atoms with Crippen molar-refractivity contribution in [3.63, 3.8) is 0 Å². The zero-order chi connectivity index (χ0) is 47.1. The summed E-state index contributed by atoms with van der Waals surface area (Å²) in [4.78, 5) is 0. The summed E-state index contributed by atoms with van der Waals surface area (Å²) in [5.74, 6) is 0.267. The van der Waals surface area contributed by atoms with Crippen molar-refractivity contribution in [2.75, 3.05) is 0 Å². The summed E-state index contributed by atoms with van der Waals surface area (Å²) in [5, 5.41) is 13.5. The van der Waals surface area contributed by atoms with E-state index in [1.54, 1.807) is 0 Å². The number of benzene rings is 11. The second-order valence-corrected chi connectivity index (χ2v) is 29.2. The maximum absolute atomic E-state index is 2.53. The molecule has 0 fully saturated rings. The first-order chi connectivity index (χ1) is 34.3. The van der Waals surface area contributed by atoms with E-state index in [9.17, 15) is 0 Å². The van der Waals surface area contributed by atoms with Crippen LogP contribution in [-0.2, 0) is 0 Å². The zero-order valence-electron chi connectivity index (χ0n) is 40.1. The van der Waals surface area contributed by atoms with E-state index in [1.165, 1.54) is 120 Å². The Bertz CT molecular complexity index is 3920. The summed E-state index contributed by atoms with van der Waals surface area (Å²) in [5.41, 5.74) is 15.7. The van der Waals surface area contributed by atoms with Gasteiger partial charge in [0.1, 0.15) is 16.1 Å². The van der Waals surface area contributed by atoms with Gasteiger partial charge in [0, 0.05) is 22.4 Å². The number of nitrogens with zero attached hydrogens (tertiary/aromatic N) is 1. The molecule has 11 aromatic carbocycles. The van der Waals surface area contributed by atoms with Crippen molar-refractivity contribution in [3.8, 4) is 39.1 Å². The first-order valence-corrected chi connectivity index (χ1v) is 30.8. The van der Waals surface area contributed by atoms with E-state index in [-0.39, 0.29) is 5.92 Å². The molecular weight excluding hydrogens is 875 g/mol. The third kappa shape index (κ3) is 6.64. The molecular formula is C67H53NSi2. The molecule has 1 aromatic heterocycles. The van der Waals surface area contributed by atoms with E-state index in [1.807, 2.05) is 0 Å². The molecule has 0 radical (unpaired) electrons. The van der Waals surface area contributed by atoms with Gasteiger partial charge in [-0.3, -0.25) is 0 Å². The third-order valence-electron chi connectivity index (χ3n) is 15.9. The summed E-state index contributed by atoms with van der Waals surface area (Å²) in [6, 6.07) is 91.6. The van der Waals surface area contributed by atoms with Crippen molar-refractivity contribution in [2.24, 2.45) is 0 Å². The third-order valence-corrected chi connectivity index (χ3v) is 23.0. The van der Waals surface area contributed by atoms with Crippen molar-refractivity contribution in [2.45, 2.75) is 32.1 Å². The molecule has 1 unspecified atom stereocenters. The largest absolute Gasteiger partial charge is 0.309 e. The van der Waals surface area contributed by atoms with Crippen LogP contribution in [0.25, 0.3) is 82.4 Å². The fourth-order valence-corrected chi connectivity index (χ4v) is 16.7. The monoisotopic (exact) mass is 927 g/mol. The molecule has 334 valence electrons. The lowest BCUT2D eigenvalue weighted by Gasteiger charge is -2.26. The van der Waals surface area contributed by atoms with Gasteiger partial charge in [0.15, 0.2) is 0 Å². The van der Waals surface area contributed by atoms with Crippen molar-refractivity contribution >= 4 is 80.2 Å². The Labute approximate surface area is 413 Å². The molecule has 1 aliphatic rings. The van der Waals surface area contributed by atoms with E-state index in [2.05, 4.69) is 273 Å². The molecule has 0 N–H and O–H groups in total. The minimum absolute atomic E-state index is 0.267. The lowest BCUT2D eigenvalue weighted by Crippen LogP contribution is -2.52. The van der Waals surface area contributed by atoms with E-state index in [0.29, 0.717) is 0 Å². The van der Waals surface area contributed by atoms with Crippen LogP contribution >= 0.6 is 0 Å². The molecule has 1 atom stereocenters. The van der Waals surface area contributed by atoms with E-state index >= 15 is 0 Å². The van der Waals surface area contributed by atoms with Gasteiger partial charge in [0.05, 0.1) is 11.0 Å². The van der Waals surface area contributed by atoms with Crippen LogP contribution in [0.4, 0.5) is 0 Å². The van der Waals surface area contributed by atoms with Crippen LogP contribution in [0, 0.1) is 0 Å². The molecule has 1 nitrogen and oxygen atoms in total. The highest BCUT2D eigenvalue weighted by atomic mass is 28.3. The molecule has 0 bridgehead atoms. The van der Waals surface area contributed by atoms with Crippen molar-refractivity contribution in [3.05, 3.63) is 259 Å². The maximum atomic E-state index is 2.53. The van der Waals surface area contributed by atoms with Gasteiger partial charge in [-0.1, -0.05) is 265 Å². The number of para-hydroxylation sites is 2. The van der Waals surface area contributed by atoms with Crippen LogP contribution < -0.4 is 20.7 Å². The molecule has 12 aromatic rings. The molecule has 0 aliphatic heterocycles. The first kappa shape index (κ1) is 42.3. The average Bonchev–Trinajstić information content (AvgIpc) is 3.93. The summed E-state index contributed by atoms with van der Waals surface area (Å²) in [6.07, 6.45) is 0. The molecule has 13 rings (SSSR count). The summed E-state index contributed by atoms with van der Waals surface area (Å²) >= 11 is 0. The SMILES string of the molecule is C[Si](C)(c1ccc(-c2c3ccccc3c(-c3ccc([Si](C)(C)c4ccc5c(c4)c4ccccc4n5-c4ccccc4)cc3)c3ccccc23)cc1)c1ccc2c(c1)-c1ccccc1C2c1ccccc1. The van der Waals surface area contributed by atoms with Gasteiger partial charge in [0.25, 0.3) is 0 Å². The van der Waals surface area contributed by atoms with Gasteiger partial charge >= 0.3 is 0 Å². The van der Waals surface area contributed by atoms with Gasteiger partial charge in [-0.25, -0.2) is 0 Å². The van der Waals surface area contributed by atoms with E-state index in [4.69, 9.17) is 0 Å². The Morgan fingerprint density at radius 3 is 1.33 bits per heavy atom. The molecule has 0 amide bonds. The second kappa shape index (κ2) is 16.4. The minimum Gasteiger partial charge on any atom is -0.309 e. The molecule has 1 heterocycles. The standard InChI is InChI=1S/C67H53NSi2/c1-69(2,51-39-41-60-61(43-51)53-23-11-12-25-55(53)65(60)45-19-7-5-8-20-45)49-35-31-46(32-36-49)66-56-26-13-15-28-58(56)67(59-29-16-14-27-57(59)66)47-33-37-50(38-34-47)70(3,4)52-40-42-64-62(44-52)54-24-17-18-30-63(54)68(64)48-21-9-6-10-22-48/h5-44,65H,1-4H3. The highest BCUT2D eigenvalue weighted by Crippen LogP contribution is 2.48. The smallest absolute Gasteiger partial charge is 0.112 e. The number of rotatable bonds is 8. The Hall–Kier alpha value is -7.83. The number of aromatic nitrogens is 1. The summed E-state index contributed by atoms with van der Waals surface area (Å²) < 4.78 is 2.41. The lowest BCUT2D eigenvalue weighted by molar-refractivity contribution is 1.02. The minimum atomic E-state index is -2.10. The van der Waals surface area contributed by atoms with Gasteiger partial charge in [0.2, 0.25) is 0 Å². The first-order valence-electron chi connectivity index (χ1n) is 24.8.